The van der Waals surface area contributed by atoms with Crippen LogP contribution in [0.2, 0.25) is 10.0 Å². The van der Waals surface area contributed by atoms with Gasteiger partial charge >= 0.3 is 0 Å². The van der Waals surface area contributed by atoms with E-state index in [4.69, 9.17) is 23.2 Å². The Balaban J connectivity index is 2.63. The smallest absolute Gasteiger partial charge is 0.151 e. The molecule has 0 spiro atoms. The maximum atomic E-state index is 11.8. The third-order valence-corrected chi connectivity index (χ3v) is 2.96. The van der Waals surface area contributed by atoms with Gasteiger partial charge in [0, 0.05) is 22.0 Å². The number of carbonyl (C=O) groups excluding carboxylic acids is 1. The van der Waals surface area contributed by atoms with Gasteiger partial charge in [-0.1, -0.05) is 29.3 Å². The zero-order valence-electron chi connectivity index (χ0n) is 10.3. The van der Waals surface area contributed by atoms with Gasteiger partial charge in [-0.15, -0.1) is 0 Å². The maximum Gasteiger partial charge on any atom is 0.151 e. The van der Waals surface area contributed by atoms with Crippen molar-refractivity contribution in [3.8, 4) is 0 Å². The van der Waals surface area contributed by atoms with Crippen molar-refractivity contribution >= 4 is 29.0 Å². The molecule has 1 aromatic rings. The predicted molar refractivity (Wildman–Crippen MR) is 72.9 cm³/mol. The van der Waals surface area contributed by atoms with Crippen LogP contribution in [0.1, 0.15) is 26.3 Å². The van der Waals surface area contributed by atoms with Crippen LogP contribution < -0.4 is 5.32 Å². The van der Waals surface area contributed by atoms with Crippen molar-refractivity contribution in [2.75, 3.05) is 6.54 Å². The van der Waals surface area contributed by atoms with Crippen LogP contribution in [0.3, 0.4) is 0 Å². The summed E-state index contributed by atoms with van der Waals surface area (Å²) >= 11 is 12.0. The molecule has 1 aromatic carbocycles. The van der Waals surface area contributed by atoms with E-state index < -0.39 is 0 Å². The van der Waals surface area contributed by atoms with E-state index in [2.05, 4.69) is 5.32 Å². The second kappa shape index (κ2) is 5.85. The Bertz CT molecular complexity index is 390. The molecule has 0 heterocycles. The molecule has 0 amide bonds. The van der Waals surface area contributed by atoms with E-state index >= 15 is 0 Å². The molecule has 1 N–H and O–H groups in total. The highest BCUT2D eigenvalue weighted by Gasteiger charge is 2.14. The minimum atomic E-state index is -0.0695. The van der Waals surface area contributed by atoms with Crippen molar-refractivity contribution < 1.29 is 4.79 Å². The fourth-order valence-corrected chi connectivity index (χ4v) is 1.86. The fraction of sp³-hybridized carbons (Fsp3) is 0.462. The number of hydrogen-bond acceptors (Lipinski definition) is 2. The Morgan fingerprint density at radius 3 is 2.24 bits per heavy atom. The second-order valence-corrected chi connectivity index (χ2v) is 5.83. The maximum absolute atomic E-state index is 11.8. The van der Waals surface area contributed by atoms with Crippen LogP contribution in [-0.4, -0.2) is 17.9 Å². The number of nitrogens with one attached hydrogen (secondary N) is 1. The average Bonchev–Trinajstić information content (AvgIpc) is 2.20. The first-order valence-electron chi connectivity index (χ1n) is 5.49. The zero-order valence-corrected chi connectivity index (χ0v) is 11.8. The molecule has 4 heteroatoms. The molecule has 0 aromatic heterocycles. The lowest BCUT2D eigenvalue weighted by atomic mass is 10.1. The van der Waals surface area contributed by atoms with E-state index in [-0.39, 0.29) is 17.7 Å². The van der Waals surface area contributed by atoms with E-state index in [1.54, 1.807) is 18.2 Å². The Morgan fingerprint density at radius 1 is 1.24 bits per heavy atom. The van der Waals surface area contributed by atoms with E-state index in [0.29, 0.717) is 22.2 Å². The van der Waals surface area contributed by atoms with Gasteiger partial charge in [0.05, 0.1) is 6.54 Å². The summed E-state index contributed by atoms with van der Waals surface area (Å²) in [7, 11) is 0. The molecule has 0 unspecified atom stereocenters. The summed E-state index contributed by atoms with van der Waals surface area (Å²) in [5.41, 5.74) is 0.636. The Labute approximate surface area is 112 Å². The molecule has 1 rings (SSSR count). The Hall–Kier alpha value is -0.570. The summed E-state index contributed by atoms with van der Waals surface area (Å²) in [6, 6.07) is 5.26. The molecule has 0 radical (unpaired) electrons. The number of rotatable bonds is 4. The van der Waals surface area contributed by atoms with Crippen LogP contribution in [0, 0.1) is 0 Å². The van der Waals surface area contributed by atoms with E-state index in [9.17, 15) is 4.79 Å². The third kappa shape index (κ3) is 5.07. The first-order chi connectivity index (χ1) is 7.79. The molecule has 2 nitrogen and oxygen atoms in total. The third-order valence-electron chi connectivity index (χ3n) is 2.25. The summed E-state index contributed by atoms with van der Waals surface area (Å²) in [4.78, 5) is 11.8. The predicted octanol–water partition coefficient (Wildman–Crippen LogP) is 3.49. The molecule has 17 heavy (non-hydrogen) atoms. The summed E-state index contributed by atoms with van der Waals surface area (Å²) in [6.07, 6.45) is 0.265. The molecule has 0 atom stereocenters. The second-order valence-electron chi connectivity index (χ2n) is 5.02. The molecule has 94 valence electrons. The number of Topliss-reactive ketones (excluding diaryl/α,β-unsaturated/α-hetero) is 1. The van der Waals surface area contributed by atoms with Gasteiger partial charge in [0.1, 0.15) is 0 Å². The molecule has 0 aliphatic carbocycles. The van der Waals surface area contributed by atoms with Crippen molar-refractivity contribution in [3.05, 3.63) is 33.8 Å². The lowest BCUT2D eigenvalue weighted by Crippen LogP contribution is -2.39. The van der Waals surface area contributed by atoms with Gasteiger partial charge in [-0.05, 0) is 38.5 Å². The van der Waals surface area contributed by atoms with Crippen molar-refractivity contribution in [1.82, 2.24) is 5.32 Å². The minimum absolute atomic E-state index is 0.0695. The zero-order chi connectivity index (χ0) is 13.1. The summed E-state index contributed by atoms with van der Waals surface area (Å²) in [6.45, 7) is 6.37. The molecular formula is C13H17Cl2NO. The number of carbonyl (C=O) groups is 1. The number of halogens is 2. The van der Waals surface area contributed by atoms with Gasteiger partial charge < -0.3 is 5.32 Å². The van der Waals surface area contributed by atoms with Gasteiger partial charge in [0.2, 0.25) is 0 Å². The van der Waals surface area contributed by atoms with Gasteiger partial charge in [-0.3, -0.25) is 4.79 Å². The summed E-state index contributed by atoms with van der Waals surface area (Å²) in [5, 5.41) is 4.23. The Kier molecular flexibility index (Phi) is 4.99. The highest BCUT2D eigenvalue weighted by atomic mass is 35.5. The normalized spacial score (nSPS) is 11.6. The van der Waals surface area contributed by atoms with Crippen LogP contribution in [0.5, 0.6) is 0 Å². The number of benzene rings is 1. The van der Waals surface area contributed by atoms with Gasteiger partial charge in [0.25, 0.3) is 0 Å². The number of hydrogen-bond donors (Lipinski definition) is 1. The highest BCUT2D eigenvalue weighted by molar-refractivity contribution is 6.36. The summed E-state index contributed by atoms with van der Waals surface area (Å²) in [5.74, 6) is 0.0786. The highest BCUT2D eigenvalue weighted by Crippen LogP contribution is 2.24. The summed E-state index contributed by atoms with van der Waals surface area (Å²) < 4.78 is 0. The molecule has 0 aliphatic heterocycles. The molecule has 0 fully saturated rings. The van der Waals surface area contributed by atoms with E-state index in [0.717, 1.165) is 0 Å². The van der Waals surface area contributed by atoms with Crippen LogP contribution in [0.15, 0.2) is 18.2 Å². The number of ketones is 1. The van der Waals surface area contributed by atoms with Crippen molar-refractivity contribution in [3.63, 3.8) is 0 Å². The van der Waals surface area contributed by atoms with Crippen LogP contribution >= 0.6 is 23.2 Å². The SMILES string of the molecule is CC(C)(C)NCC(=O)Cc1c(Cl)cccc1Cl. The quantitative estimate of drug-likeness (QED) is 0.910. The van der Waals surface area contributed by atoms with Crippen molar-refractivity contribution in [2.24, 2.45) is 0 Å². The molecule has 0 aliphatic rings. The molecular weight excluding hydrogens is 257 g/mol. The van der Waals surface area contributed by atoms with Gasteiger partial charge in [0.15, 0.2) is 5.78 Å². The largest absolute Gasteiger partial charge is 0.305 e. The Morgan fingerprint density at radius 2 is 1.76 bits per heavy atom. The van der Waals surface area contributed by atoms with Crippen LogP contribution in [-0.2, 0) is 11.2 Å². The van der Waals surface area contributed by atoms with E-state index in [1.165, 1.54) is 0 Å². The average molecular weight is 274 g/mol. The monoisotopic (exact) mass is 273 g/mol. The first-order valence-corrected chi connectivity index (χ1v) is 6.25. The van der Waals surface area contributed by atoms with Crippen LogP contribution in [0.25, 0.3) is 0 Å². The lowest BCUT2D eigenvalue weighted by Gasteiger charge is -2.20. The fourth-order valence-electron chi connectivity index (χ4n) is 1.32. The van der Waals surface area contributed by atoms with Crippen molar-refractivity contribution in [1.29, 1.82) is 0 Å². The topological polar surface area (TPSA) is 29.1 Å². The molecule has 0 bridgehead atoms. The lowest BCUT2D eigenvalue weighted by molar-refractivity contribution is -0.117. The van der Waals surface area contributed by atoms with E-state index in [1.807, 2.05) is 20.8 Å². The molecule has 0 saturated heterocycles. The first kappa shape index (κ1) is 14.5. The van der Waals surface area contributed by atoms with Crippen LogP contribution in [0.4, 0.5) is 0 Å². The van der Waals surface area contributed by atoms with Gasteiger partial charge in [-0.25, -0.2) is 0 Å². The van der Waals surface area contributed by atoms with Crippen molar-refractivity contribution in [2.45, 2.75) is 32.7 Å². The molecule has 0 saturated carbocycles. The van der Waals surface area contributed by atoms with Gasteiger partial charge in [-0.2, -0.15) is 0 Å². The standard InChI is InChI=1S/C13H17Cl2NO/c1-13(2,3)16-8-9(17)7-10-11(14)5-4-6-12(10)15/h4-6,16H,7-8H2,1-3H3. The minimum Gasteiger partial charge on any atom is -0.305 e.